The highest BCUT2D eigenvalue weighted by Gasteiger charge is 2.29. The van der Waals surface area contributed by atoms with E-state index in [4.69, 9.17) is 31.4 Å². The predicted molar refractivity (Wildman–Crippen MR) is 153 cm³/mol. The monoisotopic (exact) mass is 705 g/mol. The molecule has 1 atom stereocenters. The van der Waals surface area contributed by atoms with Gasteiger partial charge < -0.3 is 29.9 Å². The van der Waals surface area contributed by atoms with Crippen LogP contribution in [0.2, 0.25) is 5.02 Å². The number of H-pyrrole nitrogens is 4. The summed E-state index contributed by atoms with van der Waals surface area (Å²) in [5, 5.41) is 21.4. The molecular weight excluding hydrogens is 676 g/mol. The molecule has 4 rings (SSSR count). The Kier molecular flexibility index (Phi) is 14.6. The molecule has 11 nitrogen and oxygen atoms in total. The number of aromatic nitrogens is 4. The topological polar surface area (TPSA) is 186 Å². The average Bonchev–Trinajstić information content (AvgIpc) is 3.63. The molecule has 18 heteroatoms. The Labute approximate surface area is 273 Å². The third-order valence-electron chi connectivity index (χ3n) is 6.28. The van der Waals surface area contributed by atoms with E-state index >= 15 is 0 Å². The smallest absolute Gasteiger partial charge is 0.430 e. The largest absolute Gasteiger partial charge is 0.542 e. The van der Waals surface area contributed by atoms with E-state index in [9.17, 15) is 35.9 Å². The second kappa shape index (κ2) is 17.8. The van der Waals surface area contributed by atoms with Gasteiger partial charge in [0.05, 0.1) is 0 Å². The van der Waals surface area contributed by atoms with E-state index in [0.717, 1.165) is 59.6 Å². The summed E-state index contributed by atoms with van der Waals surface area (Å²) in [7, 11) is 0. The number of aromatic amines is 4. The zero-order valence-corrected chi connectivity index (χ0v) is 25.9. The minimum absolute atomic E-state index is 0.0908. The van der Waals surface area contributed by atoms with Crippen molar-refractivity contribution in [3.63, 3.8) is 0 Å². The third-order valence-corrected chi connectivity index (χ3v) is 6.52. The molecule has 0 saturated heterocycles. The number of hydrogen-bond donors (Lipinski definition) is 3. The molecule has 4 aromatic rings. The fraction of sp³-hybridized carbons (Fsp3) is 0.333. The maximum absolute atomic E-state index is 12.9. The second-order valence-corrected chi connectivity index (χ2v) is 10.6. The summed E-state index contributed by atoms with van der Waals surface area (Å²) in [6.45, 7) is 1.62. The maximum atomic E-state index is 12.9. The normalized spacial score (nSPS) is 11.8. The van der Waals surface area contributed by atoms with Gasteiger partial charge >= 0.3 is 12.4 Å². The van der Waals surface area contributed by atoms with Crippen molar-refractivity contribution < 1.29 is 65.7 Å². The standard InChI is InChI=1S/C26H28ClN5O2.2C2HF3O2/c1-17(33)8-4-2-7-11-21(26-28-16-23(32-26)18-9-5-3-6-10-18)31-25(34)15-24-29-20-13-12-19(27)14-22(20)30-24;2*3-2(4,5)1(6)7/h3,5-6,9-10,12-14,16,21H,2,4,7-8,11,15H2,1H3,(H,28,32)(H,29,30)(H,31,34);2*(H,6,7)/t21-;;/m0../s1. The number of halogens is 7. The maximum Gasteiger partial charge on any atom is 0.430 e. The number of aliphatic carboxylic acids is 2. The van der Waals surface area contributed by atoms with Crippen LogP contribution in [0.1, 0.15) is 56.7 Å². The summed E-state index contributed by atoms with van der Waals surface area (Å²) in [5.74, 6) is -4.32. The van der Waals surface area contributed by atoms with Crippen LogP contribution in [0.3, 0.4) is 0 Å². The van der Waals surface area contributed by atoms with Crippen molar-refractivity contribution in [3.8, 4) is 11.3 Å². The SMILES string of the molecule is CC(=O)CCCCC[C@H](NC(=O)Cc1[nH]c2cc(Cl)ccc2[nH+]1)c1[nH]c(-c2ccccc2)c[nH+]1.O=C([O-])C(F)(F)F.O=C([O-])C(F)(F)F. The third kappa shape index (κ3) is 13.8. The summed E-state index contributed by atoms with van der Waals surface area (Å²) in [6, 6.07) is 15.4. The molecule has 0 spiro atoms. The molecule has 0 unspecified atom stereocenters. The highest BCUT2D eigenvalue weighted by Crippen LogP contribution is 2.21. The van der Waals surface area contributed by atoms with Gasteiger partial charge in [0.1, 0.15) is 36.4 Å². The van der Waals surface area contributed by atoms with E-state index in [2.05, 4.69) is 25.3 Å². The summed E-state index contributed by atoms with van der Waals surface area (Å²) < 4.78 is 63.1. The minimum atomic E-state index is -5.19. The van der Waals surface area contributed by atoms with Crippen molar-refractivity contribution in [1.29, 1.82) is 0 Å². The van der Waals surface area contributed by atoms with Gasteiger partial charge in [0.25, 0.3) is 11.6 Å². The average molecular weight is 706 g/mol. The van der Waals surface area contributed by atoms with Crippen LogP contribution in [0.4, 0.5) is 26.3 Å². The van der Waals surface area contributed by atoms with Gasteiger partial charge in [-0.05, 0) is 31.9 Å². The Morgan fingerprint density at radius 1 is 0.896 bits per heavy atom. The van der Waals surface area contributed by atoms with Crippen LogP contribution in [-0.4, -0.2) is 45.9 Å². The van der Waals surface area contributed by atoms with Crippen molar-refractivity contribution in [2.24, 2.45) is 0 Å². The number of hydrogen-bond acceptors (Lipinski definition) is 6. The van der Waals surface area contributed by atoms with Crippen LogP contribution in [0.15, 0.2) is 54.7 Å². The van der Waals surface area contributed by atoms with Gasteiger partial charge in [-0.15, -0.1) is 0 Å². The van der Waals surface area contributed by atoms with Gasteiger partial charge in [0.2, 0.25) is 5.91 Å². The Morgan fingerprint density at radius 3 is 2.06 bits per heavy atom. The number of amides is 1. The van der Waals surface area contributed by atoms with Crippen LogP contribution in [0, 0.1) is 0 Å². The molecule has 0 aliphatic carbocycles. The Hall–Kier alpha value is -4.93. The van der Waals surface area contributed by atoms with Crippen LogP contribution in [0.25, 0.3) is 22.3 Å². The number of carbonyl (C=O) groups is 4. The Balaban J connectivity index is 0.000000479. The zero-order chi connectivity index (χ0) is 36.1. The van der Waals surface area contributed by atoms with Gasteiger partial charge in [-0.3, -0.25) is 4.79 Å². The molecule has 0 aliphatic rings. The highest BCUT2D eigenvalue weighted by molar-refractivity contribution is 6.31. The van der Waals surface area contributed by atoms with E-state index in [1.165, 1.54) is 0 Å². The predicted octanol–water partition coefficient (Wildman–Crippen LogP) is 2.98. The van der Waals surface area contributed by atoms with Gasteiger partial charge in [0.15, 0.2) is 16.7 Å². The number of alkyl halides is 6. The molecule has 5 N–H and O–H groups in total. The molecule has 2 aromatic heterocycles. The van der Waals surface area contributed by atoms with Crippen LogP contribution >= 0.6 is 11.6 Å². The first kappa shape index (κ1) is 39.2. The summed E-state index contributed by atoms with van der Waals surface area (Å²) >= 11 is 6.07. The van der Waals surface area contributed by atoms with Crippen LogP contribution < -0.4 is 25.5 Å². The molecule has 260 valence electrons. The quantitative estimate of drug-likeness (QED) is 0.159. The first-order valence-electron chi connectivity index (χ1n) is 14.1. The molecule has 2 aromatic carbocycles. The molecule has 0 fully saturated rings. The van der Waals surface area contributed by atoms with Crippen molar-refractivity contribution in [3.05, 3.63) is 71.4 Å². The number of fused-ring (bicyclic) bond motifs is 1. The lowest BCUT2D eigenvalue weighted by Crippen LogP contribution is -2.37. The van der Waals surface area contributed by atoms with Crippen molar-refractivity contribution in [2.75, 3.05) is 0 Å². The summed E-state index contributed by atoms with van der Waals surface area (Å²) in [4.78, 5) is 54.9. The first-order chi connectivity index (χ1) is 22.4. The summed E-state index contributed by atoms with van der Waals surface area (Å²) in [6.07, 6.45) is -4.19. The zero-order valence-electron chi connectivity index (χ0n) is 25.1. The van der Waals surface area contributed by atoms with E-state index in [0.29, 0.717) is 11.4 Å². The second-order valence-electron chi connectivity index (χ2n) is 10.2. The molecule has 0 bridgehead atoms. The number of carboxylic acid groups (broad SMARTS) is 2. The summed E-state index contributed by atoms with van der Waals surface area (Å²) in [5.41, 5.74) is 3.80. The van der Waals surface area contributed by atoms with Crippen LogP contribution in [-0.2, 0) is 25.6 Å². The number of nitrogens with one attached hydrogen (secondary N) is 5. The number of carbonyl (C=O) groups excluding carboxylic acids is 4. The van der Waals surface area contributed by atoms with E-state index in [1.54, 1.807) is 6.92 Å². The molecular formula is C30H30ClF6N5O6. The molecule has 0 radical (unpaired) electrons. The number of imidazole rings is 2. The molecule has 0 aliphatic heterocycles. The number of carboxylic acids is 2. The van der Waals surface area contributed by atoms with Gasteiger partial charge in [-0.2, -0.15) is 26.3 Å². The number of benzene rings is 2. The lowest BCUT2D eigenvalue weighted by molar-refractivity contribution is -0.391. The van der Waals surface area contributed by atoms with E-state index in [1.807, 2.05) is 54.7 Å². The number of unbranched alkanes of at least 4 members (excludes halogenated alkanes) is 2. The fourth-order valence-electron chi connectivity index (χ4n) is 4.10. The molecule has 1 amide bonds. The minimum Gasteiger partial charge on any atom is -0.542 e. The molecule has 2 heterocycles. The highest BCUT2D eigenvalue weighted by atomic mass is 35.5. The van der Waals surface area contributed by atoms with Crippen LogP contribution in [0.5, 0.6) is 0 Å². The Bertz CT molecular complexity index is 1650. The first-order valence-corrected chi connectivity index (χ1v) is 14.4. The lowest BCUT2D eigenvalue weighted by atomic mass is 10.1. The van der Waals surface area contributed by atoms with E-state index in [-0.39, 0.29) is 24.2 Å². The van der Waals surface area contributed by atoms with Crippen molar-refractivity contribution >= 4 is 46.3 Å². The van der Waals surface area contributed by atoms with Crippen molar-refractivity contribution in [1.82, 2.24) is 15.3 Å². The fourth-order valence-corrected chi connectivity index (χ4v) is 4.27. The Morgan fingerprint density at radius 2 is 1.50 bits per heavy atom. The lowest BCUT2D eigenvalue weighted by Gasteiger charge is -2.13. The van der Waals surface area contributed by atoms with E-state index < -0.39 is 24.3 Å². The van der Waals surface area contributed by atoms with Gasteiger partial charge in [-0.25, -0.2) is 19.9 Å². The number of rotatable bonds is 11. The van der Waals surface area contributed by atoms with Gasteiger partial charge in [-0.1, -0.05) is 54.8 Å². The number of ketones is 1. The number of Topliss-reactive ketones (excluding diaryl/α,β-unsaturated/α-hetero) is 1. The molecule has 0 saturated carbocycles. The van der Waals surface area contributed by atoms with Gasteiger partial charge in [0, 0.05) is 23.1 Å². The van der Waals surface area contributed by atoms with Crippen molar-refractivity contribution in [2.45, 2.75) is 63.8 Å². The molecule has 48 heavy (non-hydrogen) atoms.